The van der Waals surface area contributed by atoms with E-state index in [9.17, 15) is 0 Å². The van der Waals surface area contributed by atoms with E-state index in [0.29, 0.717) is 6.04 Å². The molecule has 1 saturated carbocycles. The lowest BCUT2D eigenvalue weighted by Gasteiger charge is -2.41. The van der Waals surface area contributed by atoms with Crippen LogP contribution in [0.4, 0.5) is 0 Å². The van der Waals surface area contributed by atoms with Gasteiger partial charge in [-0.05, 0) is 46.9 Å². The van der Waals surface area contributed by atoms with Crippen LogP contribution in [0.5, 0.6) is 0 Å². The van der Waals surface area contributed by atoms with Gasteiger partial charge in [-0.2, -0.15) is 5.10 Å². The first-order valence-corrected chi connectivity index (χ1v) is 7.43. The third kappa shape index (κ3) is 2.84. The number of hydrogen-bond donors (Lipinski definition) is 1. The zero-order valence-corrected chi connectivity index (χ0v) is 12.8. The van der Waals surface area contributed by atoms with Gasteiger partial charge in [-0.25, -0.2) is 0 Å². The first-order valence-electron chi connectivity index (χ1n) is 7.43. The summed E-state index contributed by atoms with van der Waals surface area (Å²) in [7, 11) is 4.33. The van der Waals surface area contributed by atoms with Crippen molar-refractivity contribution in [1.82, 2.24) is 14.7 Å². The Balaban J connectivity index is 2.08. The van der Waals surface area contributed by atoms with Gasteiger partial charge < -0.3 is 10.6 Å². The number of nitrogens with two attached hydrogens (primary N) is 1. The Hall–Kier alpha value is -0.870. The summed E-state index contributed by atoms with van der Waals surface area (Å²) in [5.41, 5.74) is 7.83. The largest absolute Gasteiger partial charge is 0.326 e. The standard InChI is InChI=1S/C15H28N4/c1-12(2)19-10-7-13(17-19)11-14(16)15(18(3)4)8-5-6-9-15/h7,10,12,14H,5-6,8-9,11,16H2,1-4H3. The van der Waals surface area contributed by atoms with Gasteiger partial charge in [0.1, 0.15) is 0 Å². The summed E-state index contributed by atoms with van der Waals surface area (Å²) in [4.78, 5) is 2.34. The van der Waals surface area contributed by atoms with Gasteiger partial charge in [-0.1, -0.05) is 12.8 Å². The Labute approximate surface area is 117 Å². The average molecular weight is 264 g/mol. The minimum atomic E-state index is 0.167. The van der Waals surface area contributed by atoms with Crippen molar-refractivity contribution in [3.05, 3.63) is 18.0 Å². The second-order valence-corrected chi connectivity index (χ2v) is 6.40. The zero-order valence-electron chi connectivity index (χ0n) is 12.8. The number of rotatable bonds is 5. The van der Waals surface area contributed by atoms with Crippen LogP contribution in [0.25, 0.3) is 0 Å². The molecule has 1 aromatic heterocycles. The fraction of sp³-hybridized carbons (Fsp3) is 0.800. The van der Waals surface area contributed by atoms with Crippen LogP contribution in [0, 0.1) is 0 Å². The van der Waals surface area contributed by atoms with E-state index in [1.54, 1.807) is 0 Å². The van der Waals surface area contributed by atoms with Crippen molar-refractivity contribution in [3.63, 3.8) is 0 Å². The minimum Gasteiger partial charge on any atom is -0.326 e. The monoisotopic (exact) mass is 264 g/mol. The molecule has 1 aliphatic rings. The first kappa shape index (κ1) is 14.5. The van der Waals surface area contributed by atoms with Crippen LogP contribution in [0.15, 0.2) is 12.3 Å². The number of aromatic nitrogens is 2. The Morgan fingerprint density at radius 3 is 2.47 bits per heavy atom. The highest BCUT2D eigenvalue weighted by atomic mass is 15.3. The topological polar surface area (TPSA) is 47.1 Å². The molecule has 1 aliphatic carbocycles. The quantitative estimate of drug-likeness (QED) is 0.887. The minimum absolute atomic E-state index is 0.167. The Bertz CT molecular complexity index is 402. The van der Waals surface area contributed by atoms with Crippen LogP contribution in [0.2, 0.25) is 0 Å². The van der Waals surface area contributed by atoms with Crippen LogP contribution in [0.1, 0.15) is 51.3 Å². The number of nitrogens with zero attached hydrogens (tertiary/aromatic N) is 3. The van der Waals surface area contributed by atoms with Gasteiger partial charge in [0.25, 0.3) is 0 Å². The maximum absolute atomic E-state index is 6.54. The van der Waals surface area contributed by atoms with E-state index in [-0.39, 0.29) is 11.6 Å². The molecule has 0 radical (unpaired) electrons. The van der Waals surface area contributed by atoms with Crippen molar-refractivity contribution in [2.45, 2.75) is 63.6 Å². The van der Waals surface area contributed by atoms with Crippen LogP contribution in [-0.2, 0) is 6.42 Å². The number of hydrogen-bond acceptors (Lipinski definition) is 3. The Morgan fingerprint density at radius 2 is 2.00 bits per heavy atom. The summed E-state index contributed by atoms with van der Waals surface area (Å²) >= 11 is 0. The molecule has 0 bridgehead atoms. The molecule has 1 fully saturated rings. The lowest BCUT2D eigenvalue weighted by Crippen LogP contribution is -2.56. The lowest BCUT2D eigenvalue weighted by molar-refractivity contribution is 0.122. The van der Waals surface area contributed by atoms with Gasteiger partial charge in [0.15, 0.2) is 0 Å². The molecule has 108 valence electrons. The predicted octanol–water partition coefficient (Wildman–Crippen LogP) is 2.21. The van der Waals surface area contributed by atoms with E-state index < -0.39 is 0 Å². The van der Waals surface area contributed by atoms with Gasteiger partial charge >= 0.3 is 0 Å². The lowest BCUT2D eigenvalue weighted by atomic mass is 9.85. The predicted molar refractivity (Wildman–Crippen MR) is 79.2 cm³/mol. The highest BCUT2D eigenvalue weighted by Crippen LogP contribution is 2.36. The van der Waals surface area contributed by atoms with Crippen LogP contribution in [0.3, 0.4) is 0 Å². The highest BCUT2D eigenvalue weighted by Gasteiger charge is 2.41. The summed E-state index contributed by atoms with van der Waals surface area (Å²) in [5.74, 6) is 0. The maximum atomic E-state index is 6.54. The summed E-state index contributed by atoms with van der Waals surface area (Å²) in [6.07, 6.45) is 7.96. The van der Waals surface area contributed by atoms with Crippen LogP contribution >= 0.6 is 0 Å². The molecule has 0 aromatic carbocycles. The molecule has 1 heterocycles. The van der Waals surface area contributed by atoms with Gasteiger partial charge in [0.2, 0.25) is 0 Å². The number of likely N-dealkylation sites (N-methyl/N-ethyl adjacent to an activating group) is 1. The van der Waals surface area contributed by atoms with E-state index in [1.807, 2.05) is 4.68 Å². The fourth-order valence-electron chi connectivity index (χ4n) is 3.33. The molecular formula is C15H28N4. The summed E-state index contributed by atoms with van der Waals surface area (Å²) < 4.78 is 2.01. The fourth-order valence-corrected chi connectivity index (χ4v) is 3.33. The third-order valence-corrected chi connectivity index (χ3v) is 4.67. The van der Waals surface area contributed by atoms with Gasteiger partial charge in [0.05, 0.1) is 5.69 Å². The van der Waals surface area contributed by atoms with Crippen molar-refractivity contribution in [2.75, 3.05) is 14.1 Å². The van der Waals surface area contributed by atoms with Gasteiger partial charge in [-0.15, -0.1) is 0 Å². The SMILES string of the molecule is CC(C)n1ccc(CC(N)C2(N(C)C)CCCC2)n1. The van der Waals surface area contributed by atoms with Crippen molar-refractivity contribution in [1.29, 1.82) is 0 Å². The molecule has 1 unspecified atom stereocenters. The molecule has 2 N–H and O–H groups in total. The van der Waals surface area contributed by atoms with E-state index in [4.69, 9.17) is 5.73 Å². The molecule has 0 spiro atoms. The zero-order chi connectivity index (χ0) is 14.0. The van der Waals surface area contributed by atoms with E-state index in [2.05, 4.69) is 50.2 Å². The van der Waals surface area contributed by atoms with E-state index in [0.717, 1.165) is 12.1 Å². The van der Waals surface area contributed by atoms with Crippen molar-refractivity contribution in [2.24, 2.45) is 5.73 Å². The second kappa shape index (κ2) is 5.63. The second-order valence-electron chi connectivity index (χ2n) is 6.40. The maximum Gasteiger partial charge on any atom is 0.0640 e. The molecule has 19 heavy (non-hydrogen) atoms. The smallest absolute Gasteiger partial charge is 0.0640 e. The molecule has 4 nitrogen and oxygen atoms in total. The van der Waals surface area contributed by atoms with E-state index in [1.165, 1.54) is 25.7 Å². The average Bonchev–Trinajstić information content (AvgIpc) is 2.97. The van der Waals surface area contributed by atoms with E-state index >= 15 is 0 Å². The van der Waals surface area contributed by atoms with Crippen molar-refractivity contribution < 1.29 is 0 Å². The van der Waals surface area contributed by atoms with Gasteiger partial charge in [0, 0.05) is 30.2 Å². The molecule has 1 atom stereocenters. The molecule has 0 amide bonds. The molecule has 4 heteroatoms. The molecule has 2 rings (SSSR count). The highest BCUT2D eigenvalue weighted by molar-refractivity contribution is 5.09. The summed E-state index contributed by atoms with van der Waals surface area (Å²) in [5, 5.41) is 4.63. The Morgan fingerprint density at radius 1 is 1.37 bits per heavy atom. The molecule has 1 aromatic rings. The third-order valence-electron chi connectivity index (χ3n) is 4.67. The van der Waals surface area contributed by atoms with Crippen LogP contribution < -0.4 is 5.73 Å². The van der Waals surface area contributed by atoms with Crippen molar-refractivity contribution in [3.8, 4) is 0 Å². The van der Waals surface area contributed by atoms with Crippen molar-refractivity contribution >= 4 is 0 Å². The molecule has 0 aliphatic heterocycles. The Kier molecular flexibility index (Phi) is 4.31. The molecular weight excluding hydrogens is 236 g/mol. The van der Waals surface area contributed by atoms with Crippen LogP contribution in [-0.4, -0.2) is 40.4 Å². The molecule has 0 saturated heterocycles. The summed E-state index contributed by atoms with van der Waals surface area (Å²) in [6.45, 7) is 4.30. The first-order chi connectivity index (χ1) is 8.95. The van der Waals surface area contributed by atoms with Gasteiger partial charge in [-0.3, -0.25) is 4.68 Å². The normalized spacial score (nSPS) is 20.4. The summed E-state index contributed by atoms with van der Waals surface area (Å²) in [6, 6.07) is 2.69.